The molecular weight excluding hydrogens is 321 g/mol. The summed E-state index contributed by atoms with van der Waals surface area (Å²) in [7, 11) is 0. The average molecular weight is 338 g/mol. The first-order valence-electron chi connectivity index (χ1n) is 7.15. The molecule has 0 aliphatic heterocycles. The second-order valence-electron chi connectivity index (χ2n) is 6.27. The third-order valence-electron chi connectivity index (χ3n) is 2.86. The minimum Gasteiger partial charge on any atom is -0.346 e. The summed E-state index contributed by atoms with van der Waals surface area (Å²) >= 11 is 0. The van der Waals surface area contributed by atoms with E-state index in [1.54, 1.807) is 6.92 Å². The smallest absolute Gasteiger partial charge is 0.270 e. The second kappa shape index (κ2) is 6.46. The molecule has 1 aromatic heterocycles. The molecule has 24 heavy (non-hydrogen) atoms. The first-order valence-corrected chi connectivity index (χ1v) is 7.15. The largest absolute Gasteiger partial charge is 0.346 e. The molecule has 2 rings (SSSR count). The van der Waals surface area contributed by atoms with Gasteiger partial charge in [-0.3, -0.25) is 4.79 Å². The van der Waals surface area contributed by atoms with Crippen LogP contribution < -0.4 is 10.6 Å². The van der Waals surface area contributed by atoms with Crippen LogP contribution >= 0.6 is 0 Å². The fourth-order valence-electron chi connectivity index (χ4n) is 1.89. The van der Waals surface area contributed by atoms with E-state index in [0.717, 1.165) is 12.1 Å². The van der Waals surface area contributed by atoms with Crippen molar-refractivity contribution in [2.75, 3.05) is 5.32 Å². The molecule has 0 bridgehead atoms. The molecule has 0 radical (unpaired) electrons. The highest BCUT2D eigenvalue weighted by Gasteiger charge is 2.19. The molecule has 0 spiro atoms. The molecule has 1 aromatic carbocycles. The summed E-state index contributed by atoms with van der Waals surface area (Å²) in [5.41, 5.74) is -0.269. The van der Waals surface area contributed by atoms with Gasteiger partial charge in [0.2, 0.25) is 5.95 Å². The number of hydrogen-bond donors (Lipinski definition) is 2. The van der Waals surface area contributed by atoms with Crippen LogP contribution in [0.15, 0.2) is 18.2 Å². The Bertz CT molecular complexity index is 788. The lowest BCUT2D eigenvalue weighted by molar-refractivity contribution is 0.0914. The third-order valence-corrected chi connectivity index (χ3v) is 2.86. The van der Waals surface area contributed by atoms with Crippen molar-refractivity contribution in [1.82, 2.24) is 15.3 Å². The van der Waals surface area contributed by atoms with Gasteiger partial charge in [-0.05, 0) is 45.9 Å². The van der Waals surface area contributed by atoms with E-state index >= 15 is 0 Å². The minimum absolute atomic E-state index is 0.0721. The molecule has 2 N–H and O–H groups in total. The Balaban J connectivity index is 2.32. The van der Waals surface area contributed by atoms with Gasteiger partial charge in [-0.25, -0.2) is 23.1 Å². The lowest BCUT2D eigenvalue weighted by Crippen LogP contribution is -2.41. The van der Waals surface area contributed by atoms with Gasteiger partial charge in [0, 0.05) is 11.2 Å². The number of halogens is 3. The molecule has 2 aromatic rings. The number of carbonyl (C=O) groups is 1. The average Bonchev–Trinajstić information content (AvgIpc) is 2.45. The topological polar surface area (TPSA) is 66.9 Å². The molecule has 0 saturated carbocycles. The fourth-order valence-corrected chi connectivity index (χ4v) is 1.89. The Kier molecular flexibility index (Phi) is 4.77. The zero-order chi connectivity index (χ0) is 18.1. The van der Waals surface area contributed by atoms with Crippen LogP contribution in [0.3, 0.4) is 0 Å². The van der Waals surface area contributed by atoms with Crippen LogP contribution in [0.2, 0.25) is 0 Å². The number of nitrogens with zero attached hydrogens (tertiary/aromatic N) is 2. The maximum Gasteiger partial charge on any atom is 0.270 e. The number of rotatable bonds is 3. The van der Waals surface area contributed by atoms with Crippen molar-refractivity contribution >= 4 is 17.5 Å². The molecule has 0 unspecified atom stereocenters. The van der Waals surface area contributed by atoms with Gasteiger partial charge in [-0.15, -0.1) is 0 Å². The highest BCUT2D eigenvalue weighted by molar-refractivity contribution is 5.93. The number of hydrogen-bond acceptors (Lipinski definition) is 4. The summed E-state index contributed by atoms with van der Waals surface area (Å²) in [4.78, 5) is 20.2. The summed E-state index contributed by atoms with van der Waals surface area (Å²) in [6.07, 6.45) is 0. The van der Waals surface area contributed by atoms with E-state index in [1.165, 1.54) is 6.07 Å². The van der Waals surface area contributed by atoms with Gasteiger partial charge >= 0.3 is 0 Å². The van der Waals surface area contributed by atoms with Crippen LogP contribution in [-0.2, 0) is 0 Å². The van der Waals surface area contributed by atoms with E-state index in [9.17, 15) is 18.0 Å². The number of aryl methyl sites for hydroxylation is 1. The molecule has 0 atom stereocenters. The van der Waals surface area contributed by atoms with E-state index in [0.29, 0.717) is 5.69 Å². The lowest BCUT2D eigenvalue weighted by Gasteiger charge is -2.20. The molecule has 1 amide bonds. The Morgan fingerprint density at radius 3 is 2.38 bits per heavy atom. The lowest BCUT2D eigenvalue weighted by atomic mass is 10.1. The number of nitrogens with one attached hydrogen (secondary N) is 2. The van der Waals surface area contributed by atoms with Crippen LogP contribution in [0.4, 0.5) is 24.8 Å². The van der Waals surface area contributed by atoms with Crippen LogP contribution in [0.1, 0.15) is 37.0 Å². The Labute approximate surface area is 137 Å². The van der Waals surface area contributed by atoms with E-state index in [4.69, 9.17) is 0 Å². The number of aromatic nitrogens is 2. The predicted molar refractivity (Wildman–Crippen MR) is 83.6 cm³/mol. The van der Waals surface area contributed by atoms with E-state index < -0.39 is 28.9 Å². The van der Waals surface area contributed by atoms with Crippen molar-refractivity contribution in [2.24, 2.45) is 0 Å². The maximum atomic E-state index is 13.7. The van der Waals surface area contributed by atoms with Crippen molar-refractivity contribution in [3.63, 3.8) is 0 Å². The van der Waals surface area contributed by atoms with Crippen LogP contribution in [0.25, 0.3) is 0 Å². The maximum absolute atomic E-state index is 13.7. The van der Waals surface area contributed by atoms with Crippen molar-refractivity contribution in [1.29, 1.82) is 0 Å². The van der Waals surface area contributed by atoms with Crippen LogP contribution in [0, 0.1) is 24.4 Å². The standard InChI is InChI=1S/C16H17F3N4O/c1-8-7-11(14(24)23-16(2,3)4)22-15(20-8)21-10-6-5-9(17)12(18)13(10)19/h5-7H,1-4H3,(H,23,24)(H,20,21,22). The first kappa shape index (κ1) is 17.7. The zero-order valence-corrected chi connectivity index (χ0v) is 13.7. The quantitative estimate of drug-likeness (QED) is 0.841. The van der Waals surface area contributed by atoms with Gasteiger partial charge in [0.25, 0.3) is 5.91 Å². The number of anilines is 2. The van der Waals surface area contributed by atoms with Crippen molar-refractivity contribution in [2.45, 2.75) is 33.2 Å². The molecular formula is C16H17F3N4O. The number of amides is 1. The number of carbonyl (C=O) groups excluding carboxylic acids is 1. The molecule has 0 aliphatic rings. The molecule has 128 valence electrons. The summed E-state index contributed by atoms with van der Waals surface area (Å²) in [5, 5.41) is 5.20. The van der Waals surface area contributed by atoms with Crippen molar-refractivity contribution < 1.29 is 18.0 Å². The minimum atomic E-state index is -1.60. The predicted octanol–water partition coefficient (Wildman–Crippen LogP) is 3.47. The molecule has 5 nitrogen and oxygen atoms in total. The van der Waals surface area contributed by atoms with Gasteiger partial charge in [0.15, 0.2) is 17.5 Å². The highest BCUT2D eigenvalue weighted by Crippen LogP contribution is 2.22. The SMILES string of the molecule is Cc1cc(C(=O)NC(C)(C)C)nc(Nc2ccc(F)c(F)c2F)n1. The Morgan fingerprint density at radius 1 is 1.08 bits per heavy atom. The van der Waals surface area contributed by atoms with Gasteiger partial charge in [0.05, 0.1) is 5.69 Å². The summed E-state index contributed by atoms with van der Waals surface area (Å²) in [6, 6.07) is 3.27. The molecule has 0 fully saturated rings. The molecule has 0 aliphatic carbocycles. The van der Waals surface area contributed by atoms with Gasteiger partial charge < -0.3 is 10.6 Å². The first-order chi connectivity index (χ1) is 11.1. The summed E-state index contributed by atoms with van der Waals surface area (Å²) in [5.74, 6) is -4.81. The fraction of sp³-hybridized carbons (Fsp3) is 0.312. The molecule has 8 heteroatoms. The second-order valence-corrected chi connectivity index (χ2v) is 6.27. The monoisotopic (exact) mass is 338 g/mol. The van der Waals surface area contributed by atoms with E-state index in [1.807, 2.05) is 20.8 Å². The van der Waals surface area contributed by atoms with Gasteiger partial charge in [-0.1, -0.05) is 0 Å². The van der Waals surface area contributed by atoms with Crippen LogP contribution in [0.5, 0.6) is 0 Å². The molecule has 0 saturated heterocycles. The normalized spacial score (nSPS) is 11.3. The Hall–Kier alpha value is -2.64. The third kappa shape index (κ3) is 4.21. The van der Waals surface area contributed by atoms with Crippen molar-refractivity contribution in [3.8, 4) is 0 Å². The number of benzene rings is 1. The van der Waals surface area contributed by atoms with E-state index in [-0.39, 0.29) is 17.3 Å². The van der Waals surface area contributed by atoms with Crippen LogP contribution in [-0.4, -0.2) is 21.4 Å². The molecule has 1 heterocycles. The summed E-state index contributed by atoms with van der Waals surface area (Å²) in [6.45, 7) is 7.07. The Morgan fingerprint density at radius 2 is 1.75 bits per heavy atom. The zero-order valence-electron chi connectivity index (χ0n) is 13.7. The van der Waals surface area contributed by atoms with E-state index in [2.05, 4.69) is 20.6 Å². The van der Waals surface area contributed by atoms with Crippen molar-refractivity contribution in [3.05, 3.63) is 47.0 Å². The van der Waals surface area contributed by atoms with Gasteiger partial charge in [0.1, 0.15) is 5.69 Å². The highest BCUT2D eigenvalue weighted by atomic mass is 19.2. The summed E-state index contributed by atoms with van der Waals surface area (Å²) < 4.78 is 40.0. The van der Waals surface area contributed by atoms with Gasteiger partial charge in [-0.2, -0.15) is 0 Å².